The summed E-state index contributed by atoms with van der Waals surface area (Å²) in [5.74, 6) is 0.966. The Hall–Kier alpha value is -1.09. The Morgan fingerprint density at radius 2 is 2.00 bits per heavy atom. The minimum Gasteiger partial charge on any atom is -0.493 e. The van der Waals surface area contributed by atoms with Gasteiger partial charge in [-0.1, -0.05) is 19.9 Å². The van der Waals surface area contributed by atoms with Gasteiger partial charge in [-0.15, -0.1) is 0 Å². The molecule has 1 aromatic rings. The SMILES string of the molecule is CC(C)CCCOc1ccc([C@H](C)N)c(F)c1. The standard InChI is InChI=1S/C14H22FNO/c1-10(2)5-4-8-17-12-6-7-13(11(3)16)14(15)9-12/h6-7,9-11H,4-5,8,16H2,1-3H3/t11-/m0/s1. The zero-order chi connectivity index (χ0) is 12.8. The molecule has 0 heterocycles. The van der Waals surface area contributed by atoms with Gasteiger partial charge in [0.25, 0.3) is 0 Å². The van der Waals surface area contributed by atoms with Gasteiger partial charge in [0.2, 0.25) is 0 Å². The number of nitrogens with two attached hydrogens (primary N) is 1. The van der Waals surface area contributed by atoms with Crippen molar-refractivity contribution in [1.29, 1.82) is 0 Å². The highest BCUT2D eigenvalue weighted by Gasteiger charge is 2.07. The molecule has 0 aromatic heterocycles. The van der Waals surface area contributed by atoms with Gasteiger partial charge in [0.05, 0.1) is 6.61 Å². The second-order valence-electron chi connectivity index (χ2n) is 4.86. The first-order chi connectivity index (χ1) is 8.00. The lowest BCUT2D eigenvalue weighted by Crippen LogP contribution is -2.07. The minimum atomic E-state index is -0.290. The van der Waals surface area contributed by atoms with E-state index in [1.807, 2.05) is 0 Å². The largest absolute Gasteiger partial charge is 0.493 e. The topological polar surface area (TPSA) is 35.2 Å². The molecule has 1 atom stereocenters. The summed E-state index contributed by atoms with van der Waals surface area (Å²) < 4.78 is 19.1. The molecule has 0 saturated heterocycles. The number of hydrogen-bond acceptors (Lipinski definition) is 2. The highest BCUT2D eigenvalue weighted by Crippen LogP contribution is 2.20. The van der Waals surface area contributed by atoms with Crippen molar-refractivity contribution in [2.45, 2.75) is 39.7 Å². The number of hydrogen-bond donors (Lipinski definition) is 1. The summed E-state index contributed by atoms with van der Waals surface area (Å²) in [7, 11) is 0. The van der Waals surface area contributed by atoms with Crippen molar-refractivity contribution in [3.8, 4) is 5.75 Å². The van der Waals surface area contributed by atoms with Gasteiger partial charge in [0, 0.05) is 17.7 Å². The fraction of sp³-hybridized carbons (Fsp3) is 0.571. The second kappa shape index (κ2) is 6.60. The molecule has 2 N–H and O–H groups in total. The molecule has 3 heteroatoms. The molecule has 0 fully saturated rings. The van der Waals surface area contributed by atoms with E-state index in [9.17, 15) is 4.39 Å². The van der Waals surface area contributed by atoms with Crippen molar-refractivity contribution in [2.75, 3.05) is 6.61 Å². The zero-order valence-electron chi connectivity index (χ0n) is 10.9. The van der Waals surface area contributed by atoms with Gasteiger partial charge in [-0.3, -0.25) is 0 Å². The molecular weight excluding hydrogens is 217 g/mol. The summed E-state index contributed by atoms with van der Waals surface area (Å²) in [6.07, 6.45) is 2.12. The molecule has 0 radical (unpaired) electrons. The van der Waals surface area contributed by atoms with Crippen LogP contribution in [0.5, 0.6) is 5.75 Å². The Morgan fingerprint density at radius 1 is 1.29 bits per heavy atom. The highest BCUT2D eigenvalue weighted by molar-refractivity contribution is 5.30. The Morgan fingerprint density at radius 3 is 2.53 bits per heavy atom. The summed E-state index contributed by atoms with van der Waals surface area (Å²) in [4.78, 5) is 0. The molecule has 2 nitrogen and oxygen atoms in total. The third kappa shape index (κ3) is 4.73. The van der Waals surface area contributed by atoms with Crippen LogP contribution in [0.25, 0.3) is 0 Å². The Bertz CT molecular complexity index is 350. The van der Waals surface area contributed by atoms with Crippen LogP contribution in [0.1, 0.15) is 45.2 Å². The fourth-order valence-corrected chi connectivity index (χ4v) is 1.65. The predicted molar refractivity (Wildman–Crippen MR) is 68.6 cm³/mol. The second-order valence-corrected chi connectivity index (χ2v) is 4.86. The molecule has 0 amide bonds. The van der Waals surface area contributed by atoms with Gasteiger partial charge in [0.1, 0.15) is 11.6 Å². The van der Waals surface area contributed by atoms with Gasteiger partial charge >= 0.3 is 0 Å². The number of benzene rings is 1. The molecule has 1 rings (SSSR count). The first-order valence-electron chi connectivity index (χ1n) is 6.18. The molecule has 0 bridgehead atoms. The van der Waals surface area contributed by atoms with Crippen LogP contribution in [0.4, 0.5) is 4.39 Å². The first kappa shape index (κ1) is 14.0. The van der Waals surface area contributed by atoms with Crippen LogP contribution in [0.3, 0.4) is 0 Å². The van der Waals surface area contributed by atoms with Crippen LogP contribution >= 0.6 is 0 Å². The normalized spacial score (nSPS) is 12.8. The smallest absolute Gasteiger partial charge is 0.131 e. The summed E-state index contributed by atoms with van der Waals surface area (Å²) in [6.45, 7) is 6.75. The van der Waals surface area contributed by atoms with E-state index in [-0.39, 0.29) is 11.9 Å². The van der Waals surface area contributed by atoms with E-state index in [2.05, 4.69) is 13.8 Å². The Balaban J connectivity index is 2.47. The van der Waals surface area contributed by atoms with Gasteiger partial charge in [-0.25, -0.2) is 4.39 Å². The van der Waals surface area contributed by atoms with Crippen LogP contribution in [-0.4, -0.2) is 6.61 Å². The van der Waals surface area contributed by atoms with Gasteiger partial charge in [-0.05, 0) is 31.7 Å². The Labute approximate surface area is 103 Å². The van der Waals surface area contributed by atoms with Gasteiger partial charge in [-0.2, -0.15) is 0 Å². The van der Waals surface area contributed by atoms with E-state index in [4.69, 9.17) is 10.5 Å². The lowest BCUT2D eigenvalue weighted by molar-refractivity contribution is 0.296. The Kier molecular flexibility index (Phi) is 5.42. The molecule has 0 aliphatic rings. The van der Waals surface area contributed by atoms with Crippen LogP contribution in [-0.2, 0) is 0 Å². The van der Waals surface area contributed by atoms with Gasteiger partial charge < -0.3 is 10.5 Å². The summed E-state index contributed by atoms with van der Waals surface area (Å²) in [5.41, 5.74) is 6.17. The fourth-order valence-electron chi connectivity index (χ4n) is 1.65. The number of ether oxygens (including phenoxy) is 1. The van der Waals surface area contributed by atoms with Crippen LogP contribution in [0.15, 0.2) is 18.2 Å². The van der Waals surface area contributed by atoms with Crippen LogP contribution in [0, 0.1) is 11.7 Å². The maximum atomic E-state index is 13.6. The average molecular weight is 239 g/mol. The van der Waals surface area contributed by atoms with E-state index >= 15 is 0 Å². The molecule has 0 unspecified atom stereocenters. The zero-order valence-corrected chi connectivity index (χ0v) is 10.9. The lowest BCUT2D eigenvalue weighted by Gasteiger charge is -2.11. The lowest BCUT2D eigenvalue weighted by atomic mass is 10.1. The maximum Gasteiger partial charge on any atom is 0.131 e. The van der Waals surface area contributed by atoms with Crippen molar-refractivity contribution < 1.29 is 9.13 Å². The minimum absolute atomic E-state index is 0.287. The first-order valence-corrected chi connectivity index (χ1v) is 6.18. The average Bonchev–Trinajstić information content (AvgIpc) is 2.23. The van der Waals surface area contributed by atoms with E-state index in [1.54, 1.807) is 19.1 Å². The molecule has 0 aliphatic carbocycles. The van der Waals surface area contributed by atoms with Crippen molar-refractivity contribution >= 4 is 0 Å². The van der Waals surface area contributed by atoms with Crippen molar-refractivity contribution in [1.82, 2.24) is 0 Å². The van der Waals surface area contributed by atoms with Crippen LogP contribution in [0.2, 0.25) is 0 Å². The molecule has 0 aliphatic heterocycles. The summed E-state index contributed by atoms with van der Waals surface area (Å²) in [6, 6.07) is 4.59. The van der Waals surface area contributed by atoms with E-state index < -0.39 is 0 Å². The van der Waals surface area contributed by atoms with E-state index in [1.165, 1.54) is 6.07 Å². The highest BCUT2D eigenvalue weighted by atomic mass is 19.1. The van der Waals surface area contributed by atoms with Crippen molar-refractivity contribution in [2.24, 2.45) is 11.7 Å². The monoisotopic (exact) mass is 239 g/mol. The van der Waals surface area contributed by atoms with Crippen molar-refractivity contribution in [3.05, 3.63) is 29.6 Å². The van der Waals surface area contributed by atoms with E-state index in [0.29, 0.717) is 23.8 Å². The third-order valence-electron chi connectivity index (χ3n) is 2.66. The summed E-state index contributed by atoms with van der Waals surface area (Å²) in [5, 5.41) is 0. The summed E-state index contributed by atoms with van der Waals surface area (Å²) >= 11 is 0. The molecule has 0 saturated carbocycles. The van der Waals surface area contributed by atoms with Gasteiger partial charge in [0.15, 0.2) is 0 Å². The molecule has 96 valence electrons. The maximum absolute atomic E-state index is 13.6. The predicted octanol–water partition coefficient (Wildman–Crippen LogP) is 3.66. The molecule has 17 heavy (non-hydrogen) atoms. The quantitative estimate of drug-likeness (QED) is 0.769. The number of halogens is 1. The van der Waals surface area contributed by atoms with Crippen molar-refractivity contribution in [3.63, 3.8) is 0 Å². The third-order valence-corrected chi connectivity index (χ3v) is 2.66. The van der Waals surface area contributed by atoms with Crippen LogP contribution < -0.4 is 10.5 Å². The van der Waals surface area contributed by atoms with E-state index in [0.717, 1.165) is 12.8 Å². The molecular formula is C14H22FNO. The molecule has 0 spiro atoms. The number of rotatable bonds is 6. The molecule has 1 aromatic carbocycles.